The summed E-state index contributed by atoms with van der Waals surface area (Å²) < 4.78 is 5.21. The molecule has 0 aromatic carbocycles. The van der Waals surface area contributed by atoms with E-state index >= 15 is 0 Å². The minimum absolute atomic E-state index is 0.0873. The highest BCUT2D eigenvalue weighted by atomic mass is 16.6. The van der Waals surface area contributed by atoms with Crippen LogP contribution in [0.4, 0.5) is 4.79 Å². The van der Waals surface area contributed by atoms with Gasteiger partial charge in [-0.2, -0.15) is 0 Å². The van der Waals surface area contributed by atoms with Crippen molar-refractivity contribution in [2.24, 2.45) is 0 Å². The van der Waals surface area contributed by atoms with Crippen LogP contribution < -0.4 is 0 Å². The Morgan fingerprint density at radius 2 is 1.89 bits per heavy atom. The standard InChI is InChI=1S/C12H20N2O5/c1-11(2,3)19-10(18)13-5-6-14(8-15)12(4,7-13)9(16)17/h8H,5-7H2,1-4H3,(H,16,17). The molecule has 1 atom stereocenters. The first-order valence-electron chi connectivity index (χ1n) is 6.03. The van der Waals surface area contributed by atoms with Gasteiger partial charge in [-0.3, -0.25) is 4.79 Å². The minimum atomic E-state index is -1.42. The molecule has 1 heterocycles. The Hall–Kier alpha value is -1.79. The van der Waals surface area contributed by atoms with Gasteiger partial charge in [0.15, 0.2) is 5.54 Å². The van der Waals surface area contributed by atoms with Crippen LogP contribution in [0.25, 0.3) is 0 Å². The molecule has 0 aromatic heterocycles. The molecule has 0 aromatic rings. The first kappa shape index (κ1) is 15.3. The molecule has 19 heavy (non-hydrogen) atoms. The maximum atomic E-state index is 11.9. The van der Waals surface area contributed by atoms with Crippen LogP contribution in [0.2, 0.25) is 0 Å². The van der Waals surface area contributed by atoms with Gasteiger partial charge in [-0.1, -0.05) is 0 Å². The number of carbonyl (C=O) groups is 3. The molecule has 1 rings (SSSR count). The molecule has 1 aliphatic heterocycles. The average Bonchev–Trinajstić information content (AvgIpc) is 2.26. The molecule has 108 valence electrons. The summed E-state index contributed by atoms with van der Waals surface area (Å²) in [5, 5.41) is 9.25. The Morgan fingerprint density at radius 3 is 2.32 bits per heavy atom. The van der Waals surface area contributed by atoms with Crippen molar-refractivity contribution in [2.45, 2.75) is 38.8 Å². The average molecular weight is 272 g/mol. The lowest BCUT2D eigenvalue weighted by Gasteiger charge is -2.44. The van der Waals surface area contributed by atoms with Crippen molar-refractivity contribution in [1.29, 1.82) is 0 Å². The Morgan fingerprint density at radius 1 is 1.32 bits per heavy atom. The highest BCUT2D eigenvalue weighted by molar-refractivity contribution is 5.83. The number of piperazine rings is 1. The van der Waals surface area contributed by atoms with Gasteiger partial charge in [0.2, 0.25) is 6.41 Å². The largest absolute Gasteiger partial charge is 0.479 e. The quantitative estimate of drug-likeness (QED) is 0.741. The molecule has 0 aliphatic carbocycles. The summed E-state index contributed by atoms with van der Waals surface area (Å²) in [6.07, 6.45) is -0.0638. The number of hydrogen-bond acceptors (Lipinski definition) is 4. The normalized spacial score (nSPS) is 24.0. The number of carboxylic acids is 1. The molecule has 0 saturated carbocycles. The summed E-state index contributed by atoms with van der Waals surface area (Å²) in [7, 11) is 0. The van der Waals surface area contributed by atoms with E-state index in [2.05, 4.69) is 0 Å². The predicted molar refractivity (Wildman–Crippen MR) is 66.6 cm³/mol. The second-order valence-electron chi connectivity index (χ2n) is 5.78. The zero-order valence-corrected chi connectivity index (χ0v) is 11.7. The van der Waals surface area contributed by atoms with Crippen molar-refractivity contribution in [3.63, 3.8) is 0 Å². The summed E-state index contributed by atoms with van der Waals surface area (Å²) in [4.78, 5) is 36.7. The fourth-order valence-corrected chi connectivity index (χ4v) is 1.86. The maximum absolute atomic E-state index is 11.9. The molecule has 1 fully saturated rings. The van der Waals surface area contributed by atoms with E-state index in [1.807, 2.05) is 0 Å². The maximum Gasteiger partial charge on any atom is 0.410 e. The van der Waals surface area contributed by atoms with Crippen molar-refractivity contribution in [2.75, 3.05) is 19.6 Å². The summed E-state index contributed by atoms with van der Waals surface area (Å²) in [5.41, 5.74) is -2.06. The van der Waals surface area contributed by atoms with E-state index in [1.54, 1.807) is 20.8 Å². The number of aliphatic carboxylic acids is 1. The van der Waals surface area contributed by atoms with E-state index in [0.717, 1.165) is 0 Å². The number of amides is 2. The number of carbonyl (C=O) groups excluding carboxylic acids is 2. The number of carboxylic acid groups (broad SMARTS) is 1. The lowest BCUT2D eigenvalue weighted by Crippen LogP contribution is -2.65. The highest BCUT2D eigenvalue weighted by Crippen LogP contribution is 2.22. The Labute approximate surface area is 112 Å². The number of hydrogen-bond donors (Lipinski definition) is 1. The summed E-state index contributed by atoms with van der Waals surface area (Å²) in [6.45, 7) is 6.98. The molecule has 1 unspecified atom stereocenters. The molecule has 1 saturated heterocycles. The number of ether oxygens (including phenoxy) is 1. The Kier molecular flexibility index (Phi) is 4.07. The van der Waals surface area contributed by atoms with Crippen LogP contribution in [0.1, 0.15) is 27.7 Å². The molecule has 1 aliphatic rings. The topological polar surface area (TPSA) is 87.2 Å². The molecule has 0 bridgehead atoms. The van der Waals surface area contributed by atoms with E-state index in [0.29, 0.717) is 6.41 Å². The summed E-state index contributed by atoms with van der Waals surface area (Å²) >= 11 is 0. The zero-order valence-electron chi connectivity index (χ0n) is 11.7. The van der Waals surface area contributed by atoms with Crippen LogP contribution in [0.5, 0.6) is 0 Å². The predicted octanol–water partition coefficient (Wildman–Crippen LogP) is 0.539. The molecule has 2 amide bonds. The Balaban J connectivity index is 2.84. The van der Waals surface area contributed by atoms with Crippen molar-refractivity contribution < 1.29 is 24.2 Å². The highest BCUT2D eigenvalue weighted by Gasteiger charge is 2.45. The lowest BCUT2D eigenvalue weighted by atomic mass is 9.97. The molecule has 0 radical (unpaired) electrons. The summed E-state index contributed by atoms with van der Waals surface area (Å²) in [6, 6.07) is 0. The van der Waals surface area contributed by atoms with Crippen molar-refractivity contribution >= 4 is 18.5 Å². The van der Waals surface area contributed by atoms with Crippen molar-refractivity contribution in [1.82, 2.24) is 9.80 Å². The van der Waals surface area contributed by atoms with Gasteiger partial charge in [0, 0.05) is 13.1 Å². The third-order valence-corrected chi connectivity index (χ3v) is 2.98. The third kappa shape index (κ3) is 3.36. The van der Waals surface area contributed by atoms with Crippen LogP contribution in [-0.4, -0.2) is 64.2 Å². The van der Waals surface area contributed by atoms with Gasteiger partial charge in [0.05, 0.1) is 6.54 Å². The molecule has 0 spiro atoms. The van der Waals surface area contributed by atoms with Gasteiger partial charge in [0.25, 0.3) is 0 Å². The fraction of sp³-hybridized carbons (Fsp3) is 0.750. The van der Waals surface area contributed by atoms with Gasteiger partial charge in [0.1, 0.15) is 5.60 Å². The van der Waals surface area contributed by atoms with E-state index < -0.39 is 23.2 Å². The molecule has 1 N–H and O–H groups in total. The third-order valence-electron chi connectivity index (χ3n) is 2.98. The monoisotopic (exact) mass is 272 g/mol. The van der Waals surface area contributed by atoms with Gasteiger partial charge >= 0.3 is 12.1 Å². The molecule has 7 heteroatoms. The fourth-order valence-electron chi connectivity index (χ4n) is 1.86. The van der Waals surface area contributed by atoms with Crippen LogP contribution >= 0.6 is 0 Å². The zero-order chi connectivity index (χ0) is 14.8. The van der Waals surface area contributed by atoms with Gasteiger partial charge in [-0.05, 0) is 27.7 Å². The van der Waals surface area contributed by atoms with Gasteiger partial charge in [-0.25, -0.2) is 9.59 Å². The first-order valence-corrected chi connectivity index (χ1v) is 6.03. The van der Waals surface area contributed by atoms with Crippen LogP contribution in [0, 0.1) is 0 Å². The molecular formula is C12H20N2O5. The number of rotatable bonds is 2. The van der Waals surface area contributed by atoms with E-state index in [4.69, 9.17) is 4.74 Å². The SMILES string of the molecule is CC(C)(C)OC(=O)N1CCN(C=O)C(C)(C(=O)O)C1. The first-order chi connectivity index (χ1) is 8.60. The van der Waals surface area contributed by atoms with E-state index in [9.17, 15) is 19.5 Å². The summed E-state index contributed by atoms with van der Waals surface area (Å²) in [5.74, 6) is -1.15. The van der Waals surface area contributed by atoms with E-state index in [1.165, 1.54) is 16.7 Å². The van der Waals surface area contributed by atoms with Crippen LogP contribution in [0.15, 0.2) is 0 Å². The van der Waals surface area contributed by atoms with Crippen molar-refractivity contribution in [3.8, 4) is 0 Å². The van der Waals surface area contributed by atoms with Crippen LogP contribution in [-0.2, 0) is 14.3 Å². The minimum Gasteiger partial charge on any atom is -0.479 e. The van der Waals surface area contributed by atoms with Gasteiger partial charge in [-0.15, -0.1) is 0 Å². The lowest BCUT2D eigenvalue weighted by molar-refractivity contribution is -0.158. The second-order valence-corrected chi connectivity index (χ2v) is 5.78. The van der Waals surface area contributed by atoms with Crippen molar-refractivity contribution in [3.05, 3.63) is 0 Å². The number of nitrogens with zero attached hydrogens (tertiary/aromatic N) is 2. The van der Waals surface area contributed by atoms with Crippen LogP contribution in [0.3, 0.4) is 0 Å². The Bertz CT molecular complexity index is 390. The second kappa shape index (κ2) is 5.07. The molecule has 7 nitrogen and oxygen atoms in total. The van der Waals surface area contributed by atoms with E-state index in [-0.39, 0.29) is 19.6 Å². The molecular weight excluding hydrogens is 252 g/mol. The van der Waals surface area contributed by atoms with Gasteiger partial charge < -0.3 is 19.6 Å². The smallest absolute Gasteiger partial charge is 0.410 e.